The summed E-state index contributed by atoms with van der Waals surface area (Å²) in [4.78, 5) is 19.9. The molecule has 3 N–H and O–H groups in total. The van der Waals surface area contributed by atoms with E-state index in [2.05, 4.69) is 15.3 Å². The fraction of sp³-hybridized carbons (Fsp3) is 0.261. The third-order valence-electron chi connectivity index (χ3n) is 5.45. The van der Waals surface area contributed by atoms with Gasteiger partial charge in [-0.25, -0.2) is 14.4 Å². The zero-order valence-corrected chi connectivity index (χ0v) is 16.0. The number of anilines is 1. The van der Waals surface area contributed by atoms with Crippen molar-refractivity contribution in [3.8, 4) is 22.4 Å². The first-order valence-corrected chi connectivity index (χ1v) is 9.84. The molecule has 6 heteroatoms. The molecule has 1 fully saturated rings. The lowest BCUT2D eigenvalue weighted by Gasteiger charge is -2.27. The van der Waals surface area contributed by atoms with Crippen LogP contribution >= 0.6 is 0 Å². The van der Waals surface area contributed by atoms with Crippen molar-refractivity contribution in [3.05, 3.63) is 66.6 Å². The first-order chi connectivity index (χ1) is 14.1. The average molecular weight is 390 g/mol. The topological polar surface area (TPSA) is 80.9 Å². The number of benzene rings is 2. The largest absolute Gasteiger partial charge is 0.369 e. The van der Waals surface area contributed by atoms with Crippen LogP contribution in [0.3, 0.4) is 0 Å². The number of nitrogens with one attached hydrogen (secondary N) is 1. The quantitative estimate of drug-likeness (QED) is 0.676. The van der Waals surface area contributed by atoms with Crippen LogP contribution in [-0.2, 0) is 4.79 Å². The molecule has 1 heterocycles. The maximum absolute atomic E-state index is 14.5. The lowest BCUT2D eigenvalue weighted by Crippen LogP contribution is -2.32. The summed E-state index contributed by atoms with van der Waals surface area (Å²) in [5.74, 6) is -0.354. The minimum Gasteiger partial charge on any atom is -0.369 e. The Bertz CT molecular complexity index is 1000. The number of nitrogens with two attached hydrogens (primary N) is 1. The third-order valence-corrected chi connectivity index (χ3v) is 5.45. The number of carbonyl (C=O) groups excluding carboxylic acids is 1. The summed E-state index contributed by atoms with van der Waals surface area (Å²) in [5, 5.41) is 3.28. The molecule has 4 rings (SSSR count). The summed E-state index contributed by atoms with van der Waals surface area (Å²) in [6.07, 6.45) is 4.33. The number of aromatic nitrogens is 2. The molecule has 0 bridgehead atoms. The summed E-state index contributed by atoms with van der Waals surface area (Å²) in [6.45, 7) is 0. The Kier molecular flexibility index (Phi) is 5.51. The van der Waals surface area contributed by atoms with Crippen LogP contribution in [0.2, 0.25) is 0 Å². The summed E-state index contributed by atoms with van der Waals surface area (Å²) in [5.41, 5.74) is 8.43. The van der Waals surface area contributed by atoms with Crippen LogP contribution in [0.25, 0.3) is 22.4 Å². The first kappa shape index (κ1) is 19.1. The van der Waals surface area contributed by atoms with Gasteiger partial charge in [0.1, 0.15) is 5.69 Å². The Morgan fingerprint density at radius 2 is 1.66 bits per heavy atom. The van der Waals surface area contributed by atoms with Gasteiger partial charge >= 0.3 is 0 Å². The molecule has 29 heavy (non-hydrogen) atoms. The Morgan fingerprint density at radius 1 is 0.966 bits per heavy atom. The van der Waals surface area contributed by atoms with Gasteiger partial charge in [0.2, 0.25) is 11.9 Å². The van der Waals surface area contributed by atoms with E-state index in [-0.39, 0.29) is 23.6 Å². The molecule has 0 aliphatic heterocycles. The molecular weight excluding hydrogens is 367 g/mol. The van der Waals surface area contributed by atoms with E-state index in [1.165, 1.54) is 6.20 Å². The third kappa shape index (κ3) is 4.42. The number of nitrogens with zero attached hydrogens (tertiary/aromatic N) is 2. The molecule has 1 amide bonds. The second kappa shape index (κ2) is 8.39. The van der Waals surface area contributed by atoms with Gasteiger partial charge in [-0.3, -0.25) is 4.79 Å². The van der Waals surface area contributed by atoms with Gasteiger partial charge in [0.25, 0.3) is 0 Å². The van der Waals surface area contributed by atoms with Gasteiger partial charge in [0.05, 0.1) is 6.20 Å². The van der Waals surface area contributed by atoms with Gasteiger partial charge in [-0.15, -0.1) is 0 Å². The highest BCUT2D eigenvalue weighted by Gasteiger charge is 2.25. The van der Waals surface area contributed by atoms with Crippen molar-refractivity contribution in [1.82, 2.24) is 9.97 Å². The summed E-state index contributed by atoms with van der Waals surface area (Å²) < 4.78 is 14.5. The van der Waals surface area contributed by atoms with Gasteiger partial charge in [-0.1, -0.05) is 48.5 Å². The molecule has 5 nitrogen and oxygen atoms in total. The van der Waals surface area contributed by atoms with Crippen molar-refractivity contribution in [2.24, 2.45) is 11.7 Å². The Hall–Kier alpha value is -3.28. The van der Waals surface area contributed by atoms with Crippen molar-refractivity contribution in [2.75, 3.05) is 5.32 Å². The Morgan fingerprint density at radius 3 is 2.38 bits per heavy atom. The number of carbonyl (C=O) groups is 1. The van der Waals surface area contributed by atoms with Crippen molar-refractivity contribution in [2.45, 2.75) is 31.7 Å². The molecule has 0 saturated heterocycles. The monoisotopic (exact) mass is 390 g/mol. The fourth-order valence-electron chi connectivity index (χ4n) is 3.82. The number of amides is 1. The summed E-state index contributed by atoms with van der Waals surface area (Å²) >= 11 is 0. The highest BCUT2D eigenvalue weighted by Crippen LogP contribution is 2.29. The molecule has 0 atom stereocenters. The molecule has 148 valence electrons. The highest BCUT2D eigenvalue weighted by molar-refractivity contribution is 5.76. The number of primary amides is 1. The van der Waals surface area contributed by atoms with E-state index in [4.69, 9.17) is 5.73 Å². The number of halogens is 1. The van der Waals surface area contributed by atoms with E-state index in [1.54, 1.807) is 0 Å². The Labute approximate surface area is 169 Å². The molecule has 1 aromatic heterocycles. The van der Waals surface area contributed by atoms with E-state index < -0.39 is 5.82 Å². The molecule has 1 aliphatic carbocycles. The summed E-state index contributed by atoms with van der Waals surface area (Å²) in [6, 6.07) is 17.8. The molecule has 2 aromatic carbocycles. The zero-order chi connectivity index (χ0) is 20.2. The molecule has 3 aromatic rings. The van der Waals surface area contributed by atoms with Crippen LogP contribution in [0.5, 0.6) is 0 Å². The standard InChI is InChI=1S/C23H23FN4O/c24-20-14-26-23(27-19-11-9-16(10-12-19)22(25)29)28-21(20)18-8-4-7-17(13-18)15-5-2-1-3-6-15/h1-8,13-14,16,19H,9-12H2,(H2,25,29)(H,26,27,28)/t16-,19-. The van der Waals surface area contributed by atoms with Crippen LogP contribution in [0, 0.1) is 11.7 Å². The number of rotatable bonds is 5. The first-order valence-electron chi connectivity index (χ1n) is 9.84. The summed E-state index contributed by atoms with van der Waals surface area (Å²) in [7, 11) is 0. The molecule has 0 spiro atoms. The van der Waals surface area contributed by atoms with Crippen molar-refractivity contribution >= 4 is 11.9 Å². The van der Waals surface area contributed by atoms with E-state index in [0.29, 0.717) is 11.5 Å². The Balaban J connectivity index is 1.54. The smallest absolute Gasteiger partial charge is 0.223 e. The molecule has 1 aliphatic rings. The zero-order valence-electron chi connectivity index (χ0n) is 16.0. The minimum atomic E-state index is -0.460. The van der Waals surface area contributed by atoms with Crippen molar-refractivity contribution in [1.29, 1.82) is 0 Å². The average Bonchev–Trinajstić information content (AvgIpc) is 2.76. The van der Waals surface area contributed by atoms with Crippen LogP contribution in [-0.4, -0.2) is 21.9 Å². The maximum Gasteiger partial charge on any atom is 0.223 e. The molecule has 0 unspecified atom stereocenters. The second-order valence-electron chi connectivity index (χ2n) is 7.43. The van der Waals surface area contributed by atoms with E-state index in [1.807, 2.05) is 54.6 Å². The predicted molar refractivity (Wildman–Crippen MR) is 111 cm³/mol. The van der Waals surface area contributed by atoms with Crippen LogP contribution in [0.1, 0.15) is 25.7 Å². The fourth-order valence-corrected chi connectivity index (χ4v) is 3.82. The SMILES string of the molecule is NC(=O)[C@H]1CC[C@H](Nc2ncc(F)c(-c3cccc(-c4ccccc4)c3)n2)CC1. The van der Waals surface area contributed by atoms with Crippen molar-refractivity contribution in [3.63, 3.8) is 0 Å². The lowest BCUT2D eigenvalue weighted by atomic mass is 9.86. The normalized spacial score (nSPS) is 18.9. The van der Waals surface area contributed by atoms with Gasteiger partial charge in [-0.05, 0) is 42.9 Å². The van der Waals surface area contributed by atoms with Crippen LogP contribution < -0.4 is 11.1 Å². The lowest BCUT2D eigenvalue weighted by molar-refractivity contribution is -0.122. The number of hydrogen-bond acceptors (Lipinski definition) is 4. The van der Waals surface area contributed by atoms with Crippen LogP contribution in [0.4, 0.5) is 10.3 Å². The molecular formula is C23H23FN4O. The van der Waals surface area contributed by atoms with Crippen LogP contribution in [0.15, 0.2) is 60.8 Å². The second-order valence-corrected chi connectivity index (χ2v) is 7.43. The highest BCUT2D eigenvalue weighted by atomic mass is 19.1. The van der Waals surface area contributed by atoms with E-state index >= 15 is 0 Å². The van der Waals surface area contributed by atoms with E-state index in [9.17, 15) is 9.18 Å². The van der Waals surface area contributed by atoms with Gasteiger partial charge in [0, 0.05) is 17.5 Å². The molecule has 0 radical (unpaired) electrons. The minimum absolute atomic E-state index is 0.0570. The predicted octanol–water partition coefficient (Wildman–Crippen LogP) is 4.41. The van der Waals surface area contributed by atoms with Gasteiger partial charge in [-0.2, -0.15) is 0 Å². The number of hydrogen-bond donors (Lipinski definition) is 2. The van der Waals surface area contributed by atoms with Gasteiger partial charge in [0.15, 0.2) is 5.82 Å². The van der Waals surface area contributed by atoms with Crippen molar-refractivity contribution < 1.29 is 9.18 Å². The van der Waals surface area contributed by atoms with E-state index in [0.717, 1.165) is 36.8 Å². The maximum atomic E-state index is 14.5. The van der Waals surface area contributed by atoms with Gasteiger partial charge < -0.3 is 11.1 Å². The molecule has 1 saturated carbocycles.